The fraction of sp³-hybridized carbons (Fsp3) is 0.0741. The van der Waals surface area contributed by atoms with Gasteiger partial charge in [0.25, 0.3) is 0 Å². The van der Waals surface area contributed by atoms with Crippen LogP contribution in [0.15, 0.2) is 78.9 Å². The van der Waals surface area contributed by atoms with Crippen LogP contribution in [0.4, 0.5) is 0 Å². The zero-order chi connectivity index (χ0) is 23.4. The third-order valence-corrected chi connectivity index (χ3v) is 5.26. The average Bonchev–Trinajstić information content (AvgIpc) is 3.23. The predicted molar refractivity (Wildman–Crippen MR) is 125 cm³/mol. The minimum atomic E-state index is -0.795. The van der Waals surface area contributed by atoms with E-state index in [1.165, 1.54) is 14.2 Å². The molecular formula is C27H21NO5. The van der Waals surface area contributed by atoms with Crippen molar-refractivity contribution in [1.29, 1.82) is 0 Å². The van der Waals surface area contributed by atoms with E-state index in [1.54, 1.807) is 52.9 Å². The van der Waals surface area contributed by atoms with Crippen molar-refractivity contribution in [2.75, 3.05) is 14.2 Å². The molecule has 0 N–H and O–H groups in total. The topological polar surface area (TPSA) is 74.1 Å². The van der Waals surface area contributed by atoms with Gasteiger partial charge in [-0.05, 0) is 23.8 Å². The summed E-state index contributed by atoms with van der Waals surface area (Å²) in [4.78, 5) is 39.3. The molecule has 4 rings (SSSR count). The van der Waals surface area contributed by atoms with Crippen molar-refractivity contribution in [2.24, 2.45) is 0 Å². The lowest BCUT2D eigenvalue weighted by atomic mass is 10.0. The van der Waals surface area contributed by atoms with Crippen LogP contribution >= 0.6 is 0 Å². The van der Waals surface area contributed by atoms with Crippen LogP contribution in [-0.2, 0) is 9.47 Å². The first-order valence-corrected chi connectivity index (χ1v) is 10.2. The van der Waals surface area contributed by atoms with Crippen molar-refractivity contribution in [1.82, 2.24) is 4.40 Å². The molecule has 0 radical (unpaired) electrons. The molecule has 0 aliphatic rings. The molecule has 33 heavy (non-hydrogen) atoms. The van der Waals surface area contributed by atoms with Gasteiger partial charge in [0.15, 0.2) is 0 Å². The van der Waals surface area contributed by atoms with Crippen LogP contribution in [0.2, 0.25) is 0 Å². The Morgan fingerprint density at radius 3 is 1.94 bits per heavy atom. The highest BCUT2D eigenvalue weighted by atomic mass is 16.5. The van der Waals surface area contributed by atoms with E-state index < -0.39 is 17.7 Å². The second-order valence-electron chi connectivity index (χ2n) is 7.19. The van der Waals surface area contributed by atoms with Crippen LogP contribution in [0, 0.1) is 0 Å². The number of carbonyl (C=O) groups is 3. The van der Waals surface area contributed by atoms with E-state index in [4.69, 9.17) is 9.47 Å². The van der Waals surface area contributed by atoms with Crippen molar-refractivity contribution in [3.05, 3.63) is 113 Å². The van der Waals surface area contributed by atoms with Gasteiger partial charge in [-0.1, -0.05) is 72.8 Å². The molecule has 6 nitrogen and oxygen atoms in total. The molecule has 0 saturated carbocycles. The number of aromatic nitrogens is 1. The Balaban J connectivity index is 2.06. The number of rotatable bonds is 6. The summed E-state index contributed by atoms with van der Waals surface area (Å²) in [6.45, 7) is 0. The second kappa shape index (κ2) is 9.36. The number of nitrogens with zero attached hydrogens (tertiary/aromatic N) is 1. The number of carbonyl (C=O) groups excluding carboxylic acids is 3. The summed E-state index contributed by atoms with van der Waals surface area (Å²) in [5.41, 5.74) is 2.21. The van der Waals surface area contributed by atoms with Crippen molar-refractivity contribution in [2.45, 2.75) is 0 Å². The quantitative estimate of drug-likeness (QED) is 0.315. The van der Waals surface area contributed by atoms with Crippen molar-refractivity contribution >= 4 is 35.4 Å². The minimum absolute atomic E-state index is 0.0152. The van der Waals surface area contributed by atoms with Crippen molar-refractivity contribution < 1.29 is 23.9 Å². The fourth-order valence-electron chi connectivity index (χ4n) is 3.76. The predicted octanol–water partition coefficient (Wildman–Crippen LogP) is 4.91. The van der Waals surface area contributed by atoms with Gasteiger partial charge >= 0.3 is 11.9 Å². The van der Waals surface area contributed by atoms with Crippen molar-refractivity contribution in [3.8, 4) is 0 Å². The van der Waals surface area contributed by atoms with Gasteiger partial charge in [-0.3, -0.25) is 4.79 Å². The molecule has 164 valence electrons. The number of hydrogen-bond donors (Lipinski definition) is 0. The number of ether oxygens (including phenoxy) is 2. The Morgan fingerprint density at radius 2 is 1.30 bits per heavy atom. The van der Waals surface area contributed by atoms with E-state index >= 15 is 0 Å². The van der Waals surface area contributed by atoms with E-state index in [1.807, 2.05) is 42.5 Å². The molecule has 0 amide bonds. The van der Waals surface area contributed by atoms with Gasteiger partial charge in [0.05, 0.1) is 19.7 Å². The first-order chi connectivity index (χ1) is 16.1. The number of fused-ring (bicyclic) bond motifs is 1. The Hall–Kier alpha value is -4.45. The Kier molecular flexibility index (Phi) is 6.17. The van der Waals surface area contributed by atoms with E-state index in [0.29, 0.717) is 16.8 Å². The first kappa shape index (κ1) is 21.8. The smallest absolute Gasteiger partial charge is 0.341 e. The van der Waals surface area contributed by atoms with Gasteiger partial charge in [-0.15, -0.1) is 0 Å². The lowest BCUT2D eigenvalue weighted by molar-refractivity contribution is 0.0556. The zero-order valence-electron chi connectivity index (χ0n) is 18.1. The molecule has 0 fully saturated rings. The summed E-state index contributed by atoms with van der Waals surface area (Å²) >= 11 is 0. The summed E-state index contributed by atoms with van der Waals surface area (Å²) in [6.07, 6.45) is 3.72. The molecule has 2 aromatic heterocycles. The zero-order valence-corrected chi connectivity index (χ0v) is 18.1. The van der Waals surface area contributed by atoms with Crippen molar-refractivity contribution in [3.63, 3.8) is 0 Å². The highest BCUT2D eigenvalue weighted by molar-refractivity contribution is 6.20. The third-order valence-electron chi connectivity index (χ3n) is 5.26. The molecule has 4 aromatic rings. The minimum Gasteiger partial charge on any atom is -0.465 e. The highest BCUT2D eigenvalue weighted by Gasteiger charge is 2.33. The number of hydrogen-bond acceptors (Lipinski definition) is 5. The monoisotopic (exact) mass is 439 g/mol. The molecule has 0 spiro atoms. The third kappa shape index (κ3) is 4.06. The van der Waals surface area contributed by atoms with E-state index in [-0.39, 0.29) is 16.8 Å². The summed E-state index contributed by atoms with van der Waals surface area (Å²) in [6, 6.07) is 23.5. The highest BCUT2D eigenvalue weighted by Crippen LogP contribution is 2.30. The van der Waals surface area contributed by atoms with Crippen LogP contribution < -0.4 is 0 Å². The second-order valence-corrected chi connectivity index (χ2v) is 7.19. The molecule has 6 heteroatoms. The van der Waals surface area contributed by atoms with Gasteiger partial charge < -0.3 is 13.9 Å². The van der Waals surface area contributed by atoms with Crippen LogP contribution in [-0.4, -0.2) is 36.3 Å². The lowest BCUT2D eigenvalue weighted by Gasteiger charge is -2.08. The summed E-state index contributed by atoms with van der Waals surface area (Å²) < 4.78 is 11.5. The molecule has 0 aliphatic heterocycles. The number of pyridine rings is 1. The molecule has 0 unspecified atom stereocenters. The summed E-state index contributed by atoms with van der Waals surface area (Å²) in [5, 5.41) is 0. The number of benzene rings is 2. The number of methoxy groups -OCH3 is 2. The van der Waals surface area contributed by atoms with Gasteiger partial charge in [-0.25, -0.2) is 9.59 Å². The first-order valence-electron chi connectivity index (χ1n) is 10.2. The normalized spacial score (nSPS) is 11.0. The largest absolute Gasteiger partial charge is 0.465 e. The summed E-state index contributed by atoms with van der Waals surface area (Å²) in [7, 11) is 2.43. The Bertz CT molecular complexity index is 1370. The standard InChI is InChI=1S/C27H21NO5/c1-32-26(30)22-21-15-9-14-20(17-16-18-10-5-3-6-11-18)28(21)24(23(22)27(31)33-2)25(29)19-12-7-4-8-13-19/h3-17H,1-2H3/b17-16+. The number of esters is 2. The van der Waals surface area contributed by atoms with Gasteiger partial charge in [0, 0.05) is 11.3 Å². The Morgan fingerprint density at radius 1 is 0.697 bits per heavy atom. The molecule has 0 aliphatic carbocycles. The Labute approximate surface area is 190 Å². The fourth-order valence-corrected chi connectivity index (χ4v) is 3.76. The van der Waals surface area contributed by atoms with Gasteiger partial charge in [-0.2, -0.15) is 0 Å². The molecule has 2 aromatic carbocycles. The van der Waals surface area contributed by atoms with E-state index in [0.717, 1.165) is 5.56 Å². The van der Waals surface area contributed by atoms with E-state index in [9.17, 15) is 14.4 Å². The molecule has 2 heterocycles. The molecule has 0 saturated heterocycles. The average molecular weight is 439 g/mol. The van der Waals surface area contributed by atoms with Crippen LogP contribution in [0.5, 0.6) is 0 Å². The van der Waals surface area contributed by atoms with Gasteiger partial charge in [0.2, 0.25) is 5.78 Å². The molecular weight excluding hydrogens is 418 g/mol. The lowest BCUT2D eigenvalue weighted by Crippen LogP contribution is -2.15. The van der Waals surface area contributed by atoms with E-state index in [2.05, 4.69) is 0 Å². The molecule has 0 bridgehead atoms. The van der Waals surface area contributed by atoms with Gasteiger partial charge in [0.1, 0.15) is 16.8 Å². The SMILES string of the molecule is COC(=O)c1c(C(=O)OC)c2cccc(/C=C/c3ccccc3)n2c1C(=O)c1ccccc1. The summed E-state index contributed by atoms with van der Waals surface area (Å²) in [5.74, 6) is -1.94. The van der Waals surface area contributed by atoms with Crippen LogP contribution in [0.3, 0.4) is 0 Å². The maximum Gasteiger partial charge on any atom is 0.341 e. The maximum atomic E-state index is 13.6. The number of ketones is 1. The van der Waals surface area contributed by atoms with Crippen LogP contribution in [0.25, 0.3) is 17.7 Å². The molecule has 0 atom stereocenters. The maximum absolute atomic E-state index is 13.6. The van der Waals surface area contributed by atoms with Crippen LogP contribution in [0.1, 0.15) is 48.0 Å².